The van der Waals surface area contributed by atoms with Gasteiger partial charge >= 0.3 is 0 Å². The molecule has 6 rings (SSSR count). The first-order valence-corrected chi connectivity index (χ1v) is 12.5. The van der Waals surface area contributed by atoms with Gasteiger partial charge in [0.15, 0.2) is 11.6 Å². The molecule has 36 heavy (non-hydrogen) atoms. The monoisotopic (exact) mass is 485 g/mol. The Kier molecular flexibility index (Phi) is 5.69. The van der Waals surface area contributed by atoms with Crippen LogP contribution in [-0.4, -0.2) is 27.0 Å². The molecule has 184 valence electrons. The summed E-state index contributed by atoms with van der Waals surface area (Å²) in [5.41, 5.74) is 12.2. The number of hydrogen-bond donors (Lipinski definition) is 2. The number of halogens is 2. The number of nitrogen functional groups attached to an aromatic ring is 1. The summed E-state index contributed by atoms with van der Waals surface area (Å²) in [4.78, 5) is 11.5. The Morgan fingerprint density at radius 2 is 1.72 bits per heavy atom. The van der Waals surface area contributed by atoms with Crippen molar-refractivity contribution in [1.82, 2.24) is 20.2 Å². The summed E-state index contributed by atoms with van der Waals surface area (Å²) in [7, 11) is 0. The van der Waals surface area contributed by atoms with Gasteiger partial charge in [0.25, 0.3) is 0 Å². The summed E-state index contributed by atoms with van der Waals surface area (Å²) in [6.07, 6.45) is 2.21. The van der Waals surface area contributed by atoms with Gasteiger partial charge in [0.1, 0.15) is 0 Å². The molecule has 0 radical (unpaired) electrons. The van der Waals surface area contributed by atoms with Gasteiger partial charge in [-0.1, -0.05) is 30.3 Å². The summed E-state index contributed by atoms with van der Waals surface area (Å²) in [5.74, 6) is -1.46. The maximum absolute atomic E-state index is 14.5. The summed E-state index contributed by atoms with van der Waals surface area (Å²) in [6, 6.07) is 17.4. The number of likely N-dealkylation sites (tertiary alicyclic amines) is 1. The molecule has 3 unspecified atom stereocenters. The molecule has 3 N–H and O–H groups in total. The molecule has 0 spiro atoms. The third-order valence-corrected chi connectivity index (χ3v) is 7.82. The van der Waals surface area contributed by atoms with Gasteiger partial charge in [-0.3, -0.25) is 4.90 Å². The highest BCUT2D eigenvalue weighted by Crippen LogP contribution is 2.37. The van der Waals surface area contributed by atoms with Crippen molar-refractivity contribution in [3.8, 4) is 11.1 Å². The molecule has 0 aliphatic carbocycles. The first-order chi connectivity index (χ1) is 17.4. The fraction of sp³-hybridized carbons (Fsp3) is 0.310. The molecule has 0 bridgehead atoms. The van der Waals surface area contributed by atoms with E-state index in [1.54, 1.807) is 0 Å². The first-order valence-electron chi connectivity index (χ1n) is 12.5. The number of rotatable bonds is 4. The second kappa shape index (κ2) is 8.91. The first kappa shape index (κ1) is 23.0. The quantitative estimate of drug-likeness (QED) is 0.387. The van der Waals surface area contributed by atoms with Gasteiger partial charge in [0.2, 0.25) is 5.95 Å². The molecule has 0 saturated carbocycles. The molecular weight excluding hydrogens is 456 g/mol. The Morgan fingerprint density at radius 1 is 0.972 bits per heavy atom. The zero-order valence-corrected chi connectivity index (χ0v) is 20.4. The van der Waals surface area contributed by atoms with E-state index in [2.05, 4.69) is 46.2 Å². The highest BCUT2D eigenvalue weighted by Gasteiger charge is 2.29. The molecule has 2 aliphatic rings. The van der Waals surface area contributed by atoms with Gasteiger partial charge in [-0.25, -0.2) is 18.7 Å². The van der Waals surface area contributed by atoms with Gasteiger partial charge in [-0.05, 0) is 78.8 Å². The lowest BCUT2D eigenvalue weighted by molar-refractivity contribution is 0.205. The van der Waals surface area contributed by atoms with Crippen LogP contribution in [0.1, 0.15) is 55.1 Å². The zero-order chi connectivity index (χ0) is 25.0. The van der Waals surface area contributed by atoms with Crippen LogP contribution in [0.4, 0.5) is 14.7 Å². The minimum atomic E-state index is -0.850. The zero-order valence-electron chi connectivity index (χ0n) is 20.4. The maximum atomic E-state index is 14.5. The van der Waals surface area contributed by atoms with Crippen molar-refractivity contribution in [2.75, 3.05) is 5.73 Å². The van der Waals surface area contributed by atoms with Crippen molar-refractivity contribution < 1.29 is 8.78 Å². The van der Waals surface area contributed by atoms with E-state index in [-0.39, 0.29) is 12.0 Å². The third-order valence-electron chi connectivity index (χ3n) is 7.82. The second-order valence-electron chi connectivity index (χ2n) is 10.1. The molecule has 1 saturated heterocycles. The standard InChI is InChI=1S/C29H29F2N5/c1-16-7-8-17(2)36(16)15-20-12-24(30)25(31)13-22(20)18-9-10-26-23(11-18)28(35-29(32)34-26)27-21-6-4-3-5-19(21)14-33-27/h3-6,9-13,16-17,27,33H,7-8,14-15H2,1-2H3,(H2,32,34,35). The van der Waals surface area contributed by atoms with Crippen molar-refractivity contribution in [3.63, 3.8) is 0 Å². The van der Waals surface area contributed by atoms with E-state index in [0.29, 0.717) is 24.2 Å². The Labute approximate surface area is 209 Å². The van der Waals surface area contributed by atoms with Crippen molar-refractivity contribution >= 4 is 16.9 Å². The van der Waals surface area contributed by atoms with Gasteiger partial charge < -0.3 is 11.1 Å². The summed E-state index contributed by atoms with van der Waals surface area (Å²) in [6.45, 7) is 5.69. The van der Waals surface area contributed by atoms with Crippen molar-refractivity contribution in [2.45, 2.75) is 57.9 Å². The number of benzene rings is 3. The number of nitrogens with zero attached hydrogens (tertiary/aromatic N) is 3. The van der Waals surface area contributed by atoms with Crippen LogP contribution in [0.25, 0.3) is 22.0 Å². The fourth-order valence-corrected chi connectivity index (χ4v) is 5.85. The molecule has 1 fully saturated rings. The molecule has 0 amide bonds. The number of fused-ring (bicyclic) bond motifs is 2. The van der Waals surface area contributed by atoms with E-state index in [9.17, 15) is 8.78 Å². The lowest BCUT2D eigenvalue weighted by Crippen LogP contribution is -2.32. The van der Waals surface area contributed by atoms with E-state index in [0.717, 1.165) is 52.7 Å². The van der Waals surface area contributed by atoms with Gasteiger partial charge in [-0.15, -0.1) is 0 Å². The molecule has 4 aromatic rings. The second-order valence-corrected chi connectivity index (χ2v) is 10.1. The number of hydrogen-bond acceptors (Lipinski definition) is 5. The predicted octanol–water partition coefficient (Wildman–Crippen LogP) is 5.72. The van der Waals surface area contributed by atoms with Crippen LogP contribution in [0.3, 0.4) is 0 Å². The number of anilines is 1. The minimum absolute atomic E-state index is 0.125. The SMILES string of the molecule is CC1CCC(C)N1Cc1cc(F)c(F)cc1-c1ccc2nc(N)nc(C3NCc4ccccc43)c2c1. The Hall–Kier alpha value is -3.42. The largest absolute Gasteiger partial charge is 0.368 e. The molecule has 3 aromatic carbocycles. The van der Waals surface area contributed by atoms with E-state index in [4.69, 9.17) is 5.73 Å². The molecular formula is C29H29F2N5. The van der Waals surface area contributed by atoms with Gasteiger partial charge in [-0.2, -0.15) is 0 Å². The summed E-state index contributed by atoms with van der Waals surface area (Å²) in [5, 5.41) is 4.38. The predicted molar refractivity (Wildman–Crippen MR) is 138 cm³/mol. The Morgan fingerprint density at radius 3 is 2.53 bits per heavy atom. The summed E-state index contributed by atoms with van der Waals surface area (Å²) >= 11 is 0. The normalized spacial score (nSPS) is 21.8. The highest BCUT2D eigenvalue weighted by atomic mass is 19.2. The molecule has 5 nitrogen and oxygen atoms in total. The van der Waals surface area contributed by atoms with Crippen LogP contribution < -0.4 is 11.1 Å². The van der Waals surface area contributed by atoms with Crippen LogP contribution in [0, 0.1) is 11.6 Å². The van der Waals surface area contributed by atoms with E-state index >= 15 is 0 Å². The van der Waals surface area contributed by atoms with Crippen LogP contribution in [-0.2, 0) is 13.1 Å². The van der Waals surface area contributed by atoms with Crippen LogP contribution >= 0.6 is 0 Å². The van der Waals surface area contributed by atoms with Crippen LogP contribution in [0.5, 0.6) is 0 Å². The average Bonchev–Trinajstić information content (AvgIpc) is 3.44. The molecule has 7 heteroatoms. The number of nitrogens with two attached hydrogens (primary N) is 1. The van der Waals surface area contributed by atoms with Gasteiger partial charge in [0, 0.05) is 30.6 Å². The topological polar surface area (TPSA) is 67.1 Å². The van der Waals surface area contributed by atoms with Crippen molar-refractivity contribution in [1.29, 1.82) is 0 Å². The van der Waals surface area contributed by atoms with E-state index in [1.165, 1.54) is 17.7 Å². The molecule has 2 aliphatic heterocycles. The van der Waals surface area contributed by atoms with Crippen LogP contribution in [0.15, 0.2) is 54.6 Å². The number of aromatic nitrogens is 2. The molecule has 1 aromatic heterocycles. The summed E-state index contributed by atoms with van der Waals surface area (Å²) < 4.78 is 28.9. The van der Waals surface area contributed by atoms with E-state index in [1.807, 2.05) is 30.3 Å². The minimum Gasteiger partial charge on any atom is -0.368 e. The average molecular weight is 486 g/mol. The van der Waals surface area contributed by atoms with Gasteiger partial charge in [0.05, 0.1) is 17.3 Å². The highest BCUT2D eigenvalue weighted by molar-refractivity contribution is 5.88. The third kappa shape index (κ3) is 3.92. The Balaban J connectivity index is 1.49. The lowest BCUT2D eigenvalue weighted by Gasteiger charge is -2.27. The number of nitrogens with one attached hydrogen (secondary N) is 1. The van der Waals surface area contributed by atoms with E-state index < -0.39 is 11.6 Å². The lowest BCUT2D eigenvalue weighted by atomic mass is 9.94. The Bertz CT molecular complexity index is 1460. The molecule has 3 heterocycles. The smallest absolute Gasteiger partial charge is 0.220 e. The van der Waals surface area contributed by atoms with Crippen molar-refractivity contribution in [2.24, 2.45) is 0 Å². The molecule has 3 atom stereocenters. The van der Waals surface area contributed by atoms with Crippen molar-refractivity contribution in [3.05, 3.63) is 88.6 Å². The van der Waals surface area contributed by atoms with Crippen LogP contribution in [0.2, 0.25) is 0 Å². The fourth-order valence-electron chi connectivity index (χ4n) is 5.85. The maximum Gasteiger partial charge on any atom is 0.220 e.